The lowest BCUT2D eigenvalue weighted by Gasteiger charge is -2.24. The molecule has 1 aliphatic rings. The number of anilines is 1. The molecule has 2 aromatic rings. The summed E-state index contributed by atoms with van der Waals surface area (Å²) in [5.74, 6) is 0. The quantitative estimate of drug-likeness (QED) is 0.915. The minimum absolute atomic E-state index is 0.541. The molecule has 0 aromatic heterocycles. The van der Waals surface area contributed by atoms with E-state index in [0.717, 1.165) is 17.7 Å². The summed E-state index contributed by atoms with van der Waals surface area (Å²) in [6.07, 6.45) is 2.01. The molecular formula is C18H21NO. The Morgan fingerprint density at radius 1 is 1.00 bits per heavy atom. The molecule has 0 saturated carbocycles. The van der Waals surface area contributed by atoms with Gasteiger partial charge in [-0.05, 0) is 43.0 Å². The summed E-state index contributed by atoms with van der Waals surface area (Å²) in [5, 5.41) is 10.4. The normalized spacial score (nSPS) is 20.1. The number of aliphatic hydroxyl groups is 1. The van der Waals surface area contributed by atoms with Crippen LogP contribution < -0.4 is 4.90 Å². The Morgan fingerprint density at radius 3 is 2.25 bits per heavy atom. The number of hydrogen-bond donors (Lipinski definition) is 1. The first-order valence-corrected chi connectivity index (χ1v) is 7.35. The van der Waals surface area contributed by atoms with Crippen LogP contribution in [-0.2, 0) is 0 Å². The second kappa shape index (κ2) is 5.68. The fraction of sp³-hybridized carbons (Fsp3) is 0.333. The van der Waals surface area contributed by atoms with E-state index in [0.29, 0.717) is 6.04 Å². The van der Waals surface area contributed by atoms with Crippen molar-refractivity contribution >= 4 is 5.69 Å². The molecule has 2 atom stereocenters. The maximum atomic E-state index is 10.4. The molecule has 3 rings (SSSR count). The highest BCUT2D eigenvalue weighted by atomic mass is 16.3. The van der Waals surface area contributed by atoms with Crippen LogP contribution in [0, 0.1) is 0 Å². The average molecular weight is 267 g/mol. The highest BCUT2D eigenvalue weighted by Gasteiger charge is 2.20. The van der Waals surface area contributed by atoms with Crippen molar-refractivity contribution in [3.05, 3.63) is 65.7 Å². The fourth-order valence-corrected chi connectivity index (χ4v) is 2.99. The zero-order valence-corrected chi connectivity index (χ0v) is 11.9. The molecule has 0 bridgehead atoms. The molecule has 0 amide bonds. The summed E-state index contributed by atoms with van der Waals surface area (Å²) in [6, 6.07) is 18.8. The number of rotatable bonds is 3. The van der Waals surface area contributed by atoms with E-state index in [4.69, 9.17) is 0 Å². The maximum Gasteiger partial charge on any atom is 0.104 e. The molecule has 1 fully saturated rings. The topological polar surface area (TPSA) is 23.5 Å². The first-order valence-electron chi connectivity index (χ1n) is 7.35. The predicted molar refractivity (Wildman–Crippen MR) is 83.0 cm³/mol. The summed E-state index contributed by atoms with van der Waals surface area (Å²) in [6.45, 7) is 3.42. The summed E-state index contributed by atoms with van der Waals surface area (Å²) >= 11 is 0. The Labute approximate surface area is 120 Å². The van der Waals surface area contributed by atoms with Gasteiger partial charge in [0.05, 0.1) is 0 Å². The van der Waals surface area contributed by atoms with Crippen LogP contribution in [0.15, 0.2) is 54.6 Å². The van der Waals surface area contributed by atoms with Crippen molar-refractivity contribution in [2.75, 3.05) is 11.4 Å². The molecular weight excluding hydrogens is 246 g/mol. The van der Waals surface area contributed by atoms with E-state index in [-0.39, 0.29) is 0 Å². The maximum absolute atomic E-state index is 10.4. The van der Waals surface area contributed by atoms with Gasteiger partial charge in [-0.1, -0.05) is 42.5 Å². The van der Waals surface area contributed by atoms with Crippen LogP contribution >= 0.6 is 0 Å². The standard InChI is InChI=1S/C18H21NO/c1-14-6-5-13-19(14)17-11-9-16(10-12-17)18(20)15-7-3-2-4-8-15/h2-4,7-12,14,18,20H,5-6,13H2,1H3. The van der Waals surface area contributed by atoms with Gasteiger partial charge < -0.3 is 10.0 Å². The lowest BCUT2D eigenvalue weighted by Crippen LogP contribution is -2.26. The molecule has 1 N–H and O–H groups in total. The molecule has 2 heteroatoms. The van der Waals surface area contributed by atoms with Crippen LogP contribution in [-0.4, -0.2) is 17.7 Å². The van der Waals surface area contributed by atoms with Crippen LogP contribution in [0.1, 0.15) is 37.0 Å². The number of nitrogens with zero attached hydrogens (tertiary/aromatic N) is 1. The number of hydrogen-bond acceptors (Lipinski definition) is 2. The van der Waals surface area contributed by atoms with Gasteiger partial charge >= 0.3 is 0 Å². The van der Waals surface area contributed by atoms with E-state index in [1.54, 1.807) is 0 Å². The molecule has 1 aliphatic heterocycles. The monoisotopic (exact) mass is 267 g/mol. The number of benzene rings is 2. The summed E-state index contributed by atoms with van der Waals surface area (Å²) in [7, 11) is 0. The van der Waals surface area contributed by atoms with E-state index in [9.17, 15) is 5.11 Å². The smallest absolute Gasteiger partial charge is 0.104 e. The van der Waals surface area contributed by atoms with Crippen molar-refractivity contribution in [1.82, 2.24) is 0 Å². The van der Waals surface area contributed by atoms with Gasteiger partial charge in [-0.3, -0.25) is 0 Å². The third-order valence-corrected chi connectivity index (χ3v) is 4.21. The molecule has 1 heterocycles. The van der Waals surface area contributed by atoms with Crippen LogP contribution in [0.3, 0.4) is 0 Å². The number of aliphatic hydroxyl groups excluding tert-OH is 1. The van der Waals surface area contributed by atoms with Crippen LogP contribution in [0.2, 0.25) is 0 Å². The molecule has 0 radical (unpaired) electrons. The molecule has 2 aromatic carbocycles. The third kappa shape index (κ3) is 2.56. The first-order chi connectivity index (χ1) is 9.75. The molecule has 2 unspecified atom stereocenters. The second-order valence-electron chi connectivity index (χ2n) is 5.59. The molecule has 2 nitrogen and oxygen atoms in total. The summed E-state index contributed by atoms with van der Waals surface area (Å²) in [5.41, 5.74) is 3.15. The van der Waals surface area contributed by atoms with E-state index < -0.39 is 6.10 Å². The van der Waals surface area contributed by atoms with Gasteiger partial charge in [0.25, 0.3) is 0 Å². The van der Waals surface area contributed by atoms with E-state index in [1.165, 1.54) is 18.5 Å². The predicted octanol–water partition coefficient (Wildman–Crippen LogP) is 3.76. The van der Waals surface area contributed by atoms with Crippen molar-refractivity contribution in [3.8, 4) is 0 Å². The highest BCUT2D eigenvalue weighted by Crippen LogP contribution is 2.28. The van der Waals surface area contributed by atoms with Gasteiger partial charge in [-0.2, -0.15) is 0 Å². The Hall–Kier alpha value is -1.80. The minimum atomic E-state index is -0.541. The highest BCUT2D eigenvalue weighted by molar-refractivity contribution is 5.50. The van der Waals surface area contributed by atoms with E-state index in [2.05, 4.69) is 24.0 Å². The zero-order chi connectivity index (χ0) is 13.9. The van der Waals surface area contributed by atoms with Crippen molar-refractivity contribution in [2.24, 2.45) is 0 Å². The van der Waals surface area contributed by atoms with Gasteiger partial charge in [0.15, 0.2) is 0 Å². The minimum Gasteiger partial charge on any atom is -0.384 e. The lowest BCUT2D eigenvalue weighted by molar-refractivity contribution is 0.220. The van der Waals surface area contributed by atoms with Crippen molar-refractivity contribution in [1.29, 1.82) is 0 Å². The van der Waals surface area contributed by atoms with Crippen LogP contribution in [0.4, 0.5) is 5.69 Å². The Balaban J connectivity index is 1.79. The van der Waals surface area contributed by atoms with Crippen molar-refractivity contribution < 1.29 is 5.11 Å². The van der Waals surface area contributed by atoms with Gasteiger partial charge in [-0.25, -0.2) is 0 Å². The molecule has 20 heavy (non-hydrogen) atoms. The lowest BCUT2D eigenvalue weighted by atomic mass is 10.0. The molecule has 1 saturated heterocycles. The van der Waals surface area contributed by atoms with Crippen LogP contribution in [0.25, 0.3) is 0 Å². The Morgan fingerprint density at radius 2 is 1.65 bits per heavy atom. The van der Waals surface area contributed by atoms with Crippen molar-refractivity contribution in [3.63, 3.8) is 0 Å². The SMILES string of the molecule is CC1CCCN1c1ccc(C(O)c2ccccc2)cc1. The summed E-state index contributed by atoms with van der Waals surface area (Å²) < 4.78 is 0. The zero-order valence-electron chi connectivity index (χ0n) is 11.9. The van der Waals surface area contributed by atoms with Gasteiger partial charge in [-0.15, -0.1) is 0 Å². The van der Waals surface area contributed by atoms with Gasteiger partial charge in [0.1, 0.15) is 6.10 Å². The van der Waals surface area contributed by atoms with Gasteiger partial charge in [0.2, 0.25) is 0 Å². The molecule has 0 spiro atoms. The van der Waals surface area contributed by atoms with Gasteiger partial charge in [0, 0.05) is 18.3 Å². The molecule has 0 aliphatic carbocycles. The largest absolute Gasteiger partial charge is 0.384 e. The molecule has 104 valence electrons. The summed E-state index contributed by atoms with van der Waals surface area (Å²) in [4.78, 5) is 2.44. The third-order valence-electron chi connectivity index (χ3n) is 4.21. The fourth-order valence-electron chi connectivity index (χ4n) is 2.99. The van der Waals surface area contributed by atoms with Crippen molar-refractivity contribution in [2.45, 2.75) is 31.9 Å². The van der Waals surface area contributed by atoms with Crippen LogP contribution in [0.5, 0.6) is 0 Å². The second-order valence-corrected chi connectivity index (χ2v) is 5.59. The average Bonchev–Trinajstić information content (AvgIpc) is 2.94. The Kier molecular flexibility index (Phi) is 3.75. The Bertz CT molecular complexity index is 549. The van der Waals surface area contributed by atoms with E-state index in [1.807, 2.05) is 42.5 Å². The van der Waals surface area contributed by atoms with E-state index >= 15 is 0 Å². The first kappa shape index (κ1) is 13.2.